The third-order valence-electron chi connectivity index (χ3n) is 4.49. The van der Waals surface area contributed by atoms with Gasteiger partial charge in [-0.1, -0.05) is 30.3 Å². The van der Waals surface area contributed by atoms with Crippen LogP contribution in [0, 0.1) is 0 Å². The van der Waals surface area contributed by atoms with Crippen molar-refractivity contribution in [3.05, 3.63) is 35.9 Å². The molecule has 0 aromatic heterocycles. The normalized spacial score (nSPS) is 14.5. The number of benzene rings is 1. The van der Waals surface area contributed by atoms with E-state index in [1.54, 1.807) is 24.3 Å². The van der Waals surface area contributed by atoms with Crippen molar-refractivity contribution in [2.45, 2.75) is 37.0 Å². The summed E-state index contributed by atoms with van der Waals surface area (Å²) in [7, 11) is 0. The average molecular weight is 487 g/mol. The number of aliphatic hydroxyl groups excluding tert-OH is 1. The molecule has 0 aliphatic heterocycles. The van der Waals surface area contributed by atoms with Crippen LogP contribution in [0.3, 0.4) is 0 Å². The maximum Gasteiger partial charge on any atom is 0.328 e. The molecule has 0 spiro atoms. The Bertz CT molecular complexity index is 768. The summed E-state index contributed by atoms with van der Waals surface area (Å²) < 4.78 is 0. The summed E-state index contributed by atoms with van der Waals surface area (Å²) in [4.78, 5) is 49.0. The van der Waals surface area contributed by atoms with Crippen LogP contribution in [0.1, 0.15) is 12.0 Å². The molecule has 0 heterocycles. The third-order valence-corrected chi connectivity index (χ3v) is 5.53. The fourth-order valence-corrected chi connectivity index (χ4v) is 3.29. The number of nitrogens with two attached hydrogens (primary N) is 1. The standard InChI is InChI=1S/C20H30N4O6S2/c1-32-8-7-14(18(27)24-16(10-25)20(29)30)22-19(28)15(23-17(26)13(21)11-31)9-12-5-3-2-4-6-12/h2-6,13-16,25,31H,7-11,21H2,1H3,(H,22,28)(H,23,26)(H,24,27)(H,29,30). The molecule has 0 saturated carbocycles. The van der Waals surface area contributed by atoms with Gasteiger partial charge in [0.05, 0.1) is 12.6 Å². The lowest BCUT2D eigenvalue weighted by atomic mass is 10.0. The highest BCUT2D eigenvalue weighted by Crippen LogP contribution is 2.07. The first-order valence-electron chi connectivity index (χ1n) is 9.87. The maximum absolute atomic E-state index is 13.0. The second-order valence-electron chi connectivity index (χ2n) is 6.96. The SMILES string of the molecule is CSCCC(NC(=O)C(Cc1ccccc1)NC(=O)C(N)CS)C(=O)NC(CO)C(=O)O. The van der Waals surface area contributed by atoms with E-state index in [4.69, 9.17) is 15.9 Å². The average Bonchev–Trinajstić information content (AvgIpc) is 2.79. The van der Waals surface area contributed by atoms with Crippen LogP contribution in [-0.4, -0.2) is 82.4 Å². The van der Waals surface area contributed by atoms with Gasteiger partial charge >= 0.3 is 5.97 Å². The molecular formula is C20H30N4O6S2. The van der Waals surface area contributed by atoms with Gasteiger partial charge in [0, 0.05) is 12.2 Å². The van der Waals surface area contributed by atoms with Gasteiger partial charge < -0.3 is 31.9 Å². The molecule has 7 N–H and O–H groups in total. The Labute approximate surface area is 196 Å². The van der Waals surface area contributed by atoms with Gasteiger partial charge in [0.25, 0.3) is 0 Å². The summed E-state index contributed by atoms with van der Waals surface area (Å²) in [5, 5.41) is 25.6. The second kappa shape index (κ2) is 14.7. The topological polar surface area (TPSA) is 171 Å². The van der Waals surface area contributed by atoms with Crippen LogP contribution in [0.15, 0.2) is 30.3 Å². The maximum atomic E-state index is 13.0. The van der Waals surface area contributed by atoms with Gasteiger partial charge in [-0.2, -0.15) is 24.4 Å². The minimum Gasteiger partial charge on any atom is -0.480 e. The highest BCUT2D eigenvalue weighted by atomic mass is 32.2. The number of carbonyl (C=O) groups is 4. The molecule has 0 saturated heterocycles. The quantitative estimate of drug-likeness (QED) is 0.160. The summed E-state index contributed by atoms with van der Waals surface area (Å²) in [6.07, 6.45) is 2.20. The second-order valence-corrected chi connectivity index (χ2v) is 8.32. The predicted octanol–water partition coefficient (Wildman–Crippen LogP) is -1.23. The molecule has 0 aliphatic carbocycles. The first-order chi connectivity index (χ1) is 15.2. The van der Waals surface area contributed by atoms with Gasteiger partial charge in [0.2, 0.25) is 17.7 Å². The van der Waals surface area contributed by atoms with E-state index in [-0.39, 0.29) is 18.6 Å². The van der Waals surface area contributed by atoms with Crippen LogP contribution in [0.2, 0.25) is 0 Å². The zero-order valence-corrected chi connectivity index (χ0v) is 19.4. The number of aliphatic carboxylic acids is 1. The molecule has 4 atom stereocenters. The van der Waals surface area contributed by atoms with Crippen LogP contribution in [-0.2, 0) is 25.6 Å². The number of hydrogen-bond donors (Lipinski definition) is 7. The van der Waals surface area contributed by atoms with Gasteiger partial charge in [0.1, 0.15) is 18.1 Å². The molecule has 0 aliphatic rings. The molecule has 1 aromatic rings. The van der Waals surface area contributed by atoms with Crippen LogP contribution in [0.5, 0.6) is 0 Å². The number of nitrogens with one attached hydrogen (secondary N) is 3. The number of carbonyl (C=O) groups excluding carboxylic acids is 3. The van der Waals surface area contributed by atoms with E-state index in [1.165, 1.54) is 11.8 Å². The monoisotopic (exact) mass is 486 g/mol. The molecule has 10 nitrogen and oxygen atoms in total. The zero-order valence-electron chi connectivity index (χ0n) is 17.7. The molecule has 3 amide bonds. The largest absolute Gasteiger partial charge is 0.480 e. The van der Waals surface area contributed by atoms with E-state index in [0.29, 0.717) is 5.75 Å². The molecule has 0 radical (unpaired) electrons. The summed E-state index contributed by atoms with van der Waals surface area (Å²) in [5.74, 6) is -2.73. The van der Waals surface area contributed by atoms with Crippen molar-refractivity contribution < 1.29 is 29.4 Å². The Morgan fingerprint density at radius 1 is 1.00 bits per heavy atom. The first-order valence-corrected chi connectivity index (χ1v) is 11.9. The Morgan fingerprint density at radius 3 is 2.09 bits per heavy atom. The van der Waals surface area contributed by atoms with Crippen molar-refractivity contribution in [2.24, 2.45) is 5.73 Å². The van der Waals surface area contributed by atoms with Crippen molar-refractivity contribution in [3.8, 4) is 0 Å². The lowest BCUT2D eigenvalue weighted by Gasteiger charge is -2.25. The van der Waals surface area contributed by atoms with Crippen LogP contribution >= 0.6 is 24.4 Å². The summed E-state index contributed by atoms with van der Waals surface area (Å²) in [6.45, 7) is -0.793. The highest BCUT2D eigenvalue weighted by Gasteiger charge is 2.30. The van der Waals surface area contributed by atoms with Gasteiger partial charge in [0.15, 0.2) is 0 Å². The number of thiol groups is 1. The van der Waals surface area contributed by atoms with E-state index in [0.717, 1.165) is 5.56 Å². The minimum atomic E-state index is -1.50. The van der Waals surface area contributed by atoms with Gasteiger partial charge in [-0.3, -0.25) is 14.4 Å². The molecule has 4 unspecified atom stereocenters. The van der Waals surface area contributed by atoms with Crippen molar-refractivity contribution in [1.29, 1.82) is 0 Å². The molecule has 1 rings (SSSR count). The summed E-state index contributed by atoms with van der Waals surface area (Å²) in [6, 6.07) is 4.50. The molecule has 12 heteroatoms. The number of amides is 3. The van der Waals surface area contributed by atoms with Crippen LogP contribution < -0.4 is 21.7 Å². The predicted molar refractivity (Wildman–Crippen MR) is 125 cm³/mol. The van der Waals surface area contributed by atoms with Crippen LogP contribution in [0.25, 0.3) is 0 Å². The fraction of sp³-hybridized carbons (Fsp3) is 0.500. The molecule has 0 fully saturated rings. The van der Waals surface area contributed by atoms with E-state index in [1.807, 2.05) is 12.3 Å². The number of rotatable bonds is 14. The van der Waals surface area contributed by atoms with E-state index >= 15 is 0 Å². The van der Waals surface area contributed by atoms with Crippen molar-refractivity contribution in [1.82, 2.24) is 16.0 Å². The first kappa shape index (κ1) is 27.8. The van der Waals surface area contributed by atoms with E-state index < -0.39 is 54.5 Å². The smallest absolute Gasteiger partial charge is 0.328 e. The number of carboxylic acids is 1. The number of thioether (sulfide) groups is 1. The third kappa shape index (κ3) is 9.47. The van der Waals surface area contributed by atoms with Gasteiger partial charge in [-0.15, -0.1) is 0 Å². The Hall–Kier alpha value is -2.28. The Balaban J connectivity index is 3.02. The lowest BCUT2D eigenvalue weighted by molar-refractivity contribution is -0.143. The van der Waals surface area contributed by atoms with Crippen LogP contribution in [0.4, 0.5) is 0 Å². The number of hydrogen-bond acceptors (Lipinski definition) is 8. The molecule has 32 heavy (non-hydrogen) atoms. The molecular weight excluding hydrogens is 456 g/mol. The number of aliphatic hydroxyl groups is 1. The lowest BCUT2D eigenvalue weighted by Crippen LogP contribution is -2.58. The van der Waals surface area contributed by atoms with Gasteiger partial charge in [-0.05, 0) is 24.0 Å². The molecule has 1 aromatic carbocycles. The Morgan fingerprint density at radius 2 is 1.56 bits per heavy atom. The van der Waals surface area contributed by atoms with E-state index in [9.17, 15) is 19.2 Å². The molecule has 0 bridgehead atoms. The fourth-order valence-electron chi connectivity index (χ4n) is 2.66. The van der Waals surface area contributed by atoms with Gasteiger partial charge in [-0.25, -0.2) is 4.79 Å². The zero-order chi connectivity index (χ0) is 24.1. The van der Waals surface area contributed by atoms with E-state index in [2.05, 4.69) is 28.6 Å². The van der Waals surface area contributed by atoms with Crippen molar-refractivity contribution in [2.75, 3.05) is 24.4 Å². The summed E-state index contributed by atoms with van der Waals surface area (Å²) >= 11 is 5.44. The minimum absolute atomic E-state index is 0.0853. The number of carboxylic acid groups (broad SMARTS) is 1. The van der Waals surface area contributed by atoms with Crippen molar-refractivity contribution >= 4 is 48.1 Å². The highest BCUT2D eigenvalue weighted by molar-refractivity contribution is 7.98. The molecule has 178 valence electrons. The summed E-state index contributed by atoms with van der Waals surface area (Å²) in [5.41, 5.74) is 6.49. The Kier molecular flexibility index (Phi) is 12.8. The van der Waals surface area contributed by atoms with Crippen molar-refractivity contribution in [3.63, 3.8) is 0 Å².